The lowest BCUT2D eigenvalue weighted by Gasteiger charge is -2.18. The molecule has 0 saturated heterocycles. The van der Waals surface area contributed by atoms with E-state index in [9.17, 15) is 9.59 Å². The van der Waals surface area contributed by atoms with Crippen molar-refractivity contribution in [1.29, 1.82) is 0 Å². The summed E-state index contributed by atoms with van der Waals surface area (Å²) in [6.07, 6.45) is 0.512. The number of amides is 1. The van der Waals surface area contributed by atoms with Gasteiger partial charge in [-0.05, 0) is 43.0 Å². The van der Waals surface area contributed by atoms with E-state index in [0.717, 1.165) is 5.56 Å². The fourth-order valence-electron chi connectivity index (χ4n) is 1.92. The summed E-state index contributed by atoms with van der Waals surface area (Å²) in [6, 6.07) is 4.49. The molecule has 0 bridgehead atoms. The van der Waals surface area contributed by atoms with E-state index in [1.165, 1.54) is 7.11 Å². The highest BCUT2D eigenvalue weighted by Crippen LogP contribution is 2.20. The lowest BCUT2D eigenvalue weighted by Crippen LogP contribution is -2.44. The molecule has 1 atom stereocenters. The largest absolute Gasteiger partial charge is 0.484 e. The van der Waals surface area contributed by atoms with Gasteiger partial charge in [-0.1, -0.05) is 25.4 Å². The van der Waals surface area contributed by atoms with Crippen LogP contribution in [0.15, 0.2) is 18.2 Å². The Labute approximate surface area is 135 Å². The first-order valence-corrected chi connectivity index (χ1v) is 7.47. The summed E-state index contributed by atoms with van der Waals surface area (Å²) < 4.78 is 10.1. The maximum Gasteiger partial charge on any atom is 0.328 e. The normalized spacial score (nSPS) is 11.9. The van der Waals surface area contributed by atoms with E-state index in [1.807, 2.05) is 20.8 Å². The molecule has 0 aliphatic heterocycles. The molecule has 0 aliphatic rings. The number of halogens is 1. The summed E-state index contributed by atoms with van der Waals surface area (Å²) in [5.74, 6) is -0.0206. The Morgan fingerprint density at radius 3 is 2.55 bits per heavy atom. The molecule has 1 unspecified atom stereocenters. The first-order valence-electron chi connectivity index (χ1n) is 7.09. The van der Waals surface area contributed by atoms with Gasteiger partial charge in [0.1, 0.15) is 11.8 Å². The molecular formula is C16H22ClNO4. The minimum atomic E-state index is -0.659. The molecule has 0 aliphatic carbocycles. The maximum absolute atomic E-state index is 11.9. The number of rotatable bonds is 7. The smallest absolute Gasteiger partial charge is 0.328 e. The quantitative estimate of drug-likeness (QED) is 0.782. The predicted octanol–water partition coefficient (Wildman–Crippen LogP) is 2.73. The Balaban J connectivity index is 2.56. The van der Waals surface area contributed by atoms with Crippen LogP contribution in [0.4, 0.5) is 0 Å². The van der Waals surface area contributed by atoms with Crippen LogP contribution in [0.5, 0.6) is 5.75 Å². The second kappa shape index (κ2) is 8.63. The summed E-state index contributed by atoms with van der Waals surface area (Å²) >= 11 is 5.93. The number of hydrogen-bond donors (Lipinski definition) is 1. The van der Waals surface area contributed by atoms with E-state index in [0.29, 0.717) is 17.2 Å². The molecule has 1 rings (SSSR count). The van der Waals surface area contributed by atoms with E-state index in [2.05, 4.69) is 5.32 Å². The highest BCUT2D eigenvalue weighted by Gasteiger charge is 2.22. The molecule has 0 radical (unpaired) electrons. The van der Waals surface area contributed by atoms with Crippen molar-refractivity contribution < 1.29 is 19.1 Å². The fraction of sp³-hybridized carbons (Fsp3) is 0.500. The number of esters is 1. The molecule has 1 aromatic rings. The minimum absolute atomic E-state index is 0.174. The summed E-state index contributed by atoms with van der Waals surface area (Å²) in [6.45, 7) is 5.61. The Morgan fingerprint density at radius 2 is 2.00 bits per heavy atom. The van der Waals surface area contributed by atoms with Crippen molar-refractivity contribution >= 4 is 23.5 Å². The summed E-state index contributed by atoms with van der Waals surface area (Å²) in [5.41, 5.74) is 0.867. The first-order chi connectivity index (χ1) is 10.3. The lowest BCUT2D eigenvalue weighted by molar-refractivity contribution is -0.145. The number of carbonyl (C=O) groups excluding carboxylic acids is 2. The van der Waals surface area contributed by atoms with Gasteiger partial charge < -0.3 is 14.8 Å². The molecule has 6 heteroatoms. The molecule has 1 amide bonds. The third kappa shape index (κ3) is 5.93. The van der Waals surface area contributed by atoms with Gasteiger partial charge in [-0.3, -0.25) is 4.79 Å². The van der Waals surface area contributed by atoms with Crippen LogP contribution in [-0.4, -0.2) is 31.6 Å². The maximum atomic E-state index is 11.9. The standard InChI is InChI=1S/C16H22ClNO4/c1-10(2)7-14(16(20)21-4)18-15(19)9-22-12-5-6-13(17)11(3)8-12/h5-6,8,10,14H,7,9H2,1-4H3,(H,18,19). The van der Waals surface area contributed by atoms with Crippen molar-refractivity contribution in [2.75, 3.05) is 13.7 Å². The van der Waals surface area contributed by atoms with Gasteiger partial charge in [0.05, 0.1) is 7.11 Å². The van der Waals surface area contributed by atoms with Crippen molar-refractivity contribution in [3.05, 3.63) is 28.8 Å². The van der Waals surface area contributed by atoms with Gasteiger partial charge in [-0.15, -0.1) is 0 Å². The third-order valence-corrected chi connectivity index (χ3v) is 3.45. The molecule has 0 heterocycles. The molecular weight excluding hydrogens is 306 g/mol. The summed E-state index contributed by atoms with van der Waals surface area (Å²) in [5, 5.41) is 3.27. The zero-order chi connectivity index (χ0) is 16.7. The first kappa shape index (κ1) is 18.3. The SMILES string of the molecule is COC(=O)C(CC(C)C)NC(=O)COc1ccc(Cl)c(C)c1. The number of nitrogens with one attached hydrogen (secondary N) is 1. The van der Waals surface area contributed by atoms with Crippen LogP contribution in [-0.2, 0) is 14.3 Å². The zero-order valence-corrected chi connectivity index (χ0v) is 14.1. The molecule has 0 saturated carbocycles. The number of carbonyl (C=O) groups is 2. The minimum Gasteiger partial charge on any atom is -0.484 e. The van der Waals surface area contributed by atoms with E-state index in [1.54, 1.807) is 18.2 Å². The number of methoxy groups -OCH3 is 1. The molecule has 1 aromatic carbocycles. The fourth-order valence-corrected chi connectivity index (χ4v) is 2.04. The van der Waals surface area contributed by atoms with Crippen molar-refractivity contribution in [3.63, 3.8) is 0 Å². The molecule has 22 heavy (non-hydrogen) atoms. The van der Waals surface area contributed by atoms with E-state index < -0.39 is 12.0 Å². The average Bonchev–Trinajstić information content (AvgIpc) is 2.46. The Kier molecular flexibility index (Phi) is 7.18. The predicted molar refractivity (Wildman–Crippen MR) is 85.1 cm³/mol. The third-order valence-electron chi connectivity index (χ3n) is 3.03. The number of ether oxygens (including phenoxy) is 2. The van der Waals surface area contributed by atoms with Gasteiger partial charge in [-0.2, -0.15) is 0 Å². The van der Waals surface area contributed by atoms with Crippen molar-refractivity contribution in [1.82, 2.24) is 5.32 Å². The van der Waals surface area contributed by atoms with E-state index in [4.69, 9.17) is 21.1 Å². The van der Waals surface area contributed by atoms with Crippen molar-refractivity contribution in [3.8, 4) is 5.75 Å². The van der Waals surface area contributed by atoms with Gasteiger partial charge in [0.2, 0.25) is 0 Å². The van der Waals surface area contributed by atoms with Crippen molar-refractivity contribution in [2.45, 2.75) is 33.2 Å². The average molecular weight is 328 g/mol. The second-order valence-electron chi connectivity index (χ2n) is 5.47. The van der Waals surface area contributed by atoms with Crippen LogP contribution in [0, 0.1) is 12.8 Å². The number of hydrogen-bond acceptors (Lipinski definition) is 4. The van der Waals surface area contributed by atoms with Gasteiger partial charge in [-0.25, -0.2) is 4.79 Å². The highest BCUT2D eigenvalue weighted by molar-refractivity contribution is 6.31. The van der Waals surface area contributed by atoms with E-state index in [-0.39, 0.29) is 18.4 Å². The molecule has 5 nitrogen and oxygen atoms in total. The second-order valence-corrected chi connectivity index (χ2v) is 5.88. The Bertz CT molecular complexity index is 531. The monoisotopic (exact) mass is 327 g/mol. The van der Waals surface area contributed by atoms with Crippen LogP contribution in [0.2, 0.25) is 5.02 Å². The van der Waals surface area contributed by atoms with Crippen LogP contribution >= 0.6 is 11.6 Å². The van der Waals surface area contributed by atoms with Crippen LogP contribution in [0.25, 0.3) is 0 Å². The Morgan fingerprint density at radius 1 is 1.32 bits per heavy atom. The van der Waals surface area contributed by atoms with Crippen LogP contribution < -0.4 is 10.1 Å². The summed E-state index contributed by atoms with van der Waals surface area (Å²) in [7, 11) is 1.30. The number of benzene rings is 1. The molecule has 1 N–H and O–H groups in total. The van der Waals surface area contributed by atoms with Gasteiger partial charge in [0.15, 0.2) is 6.61 Å². The lowest BCUT2D eigenvalue weighted by atomic mass is 10.0. The number of aryl methyl sites for hydroxylation is 1. The molecule has 0 spiro atoms. The topological polar surface area (TPSA) is 64.6 Å². The van der Waals surface area contributed by atoms with Crippen LogP contribution in [0.1, 0.15) is 25.8 Å². The molecule has 0 aromatic heterocycles. The van der Waals surface area contributed by atoms with Crippen LogP contribution in [0.3, 0.4) is 0 Å². The van der Waals surface area contributed by atoms with Crippen molar-refractivity contribution in [2.24, 2.45) is 5.92 Å². The summed E-state index contributed by atoms with van der Waals surface area (Å²) in [4.78, 5) is 23.6. The van der Waals surface area contributed by atoms with E-state index >= 15 is 0 Å². The van der Waals surface area contributed by atoms with Gasteiger partial charge in [0, 0.05) is 5.02 Å². The molecule has 122 valence electrons. The molecule has 0 fully saturated rings. The van der Waals surface area contributed by atoms with Gasteiger partial charge >= 0.3 is 5.97 Å². The Hall–Kier alpha value is -1.75. The zero-order valence-electron chi connectivity index (χ0n) is 13.3. The highest BCUT2D eigenvalue weighted by atomic mass is 35.5. The van der Waals surface area contributed by atoms with Gasteiger partial charge in [0.25, 0.3) is 5.91 Å².